The lowest BCUT2D eigenvalue weighted by molar-refractivity contribution is 0.632. The van der Waals surface area contributed by atoms with E-state index < -0.39 is 0 Å². The van der Waals surface area contributed by atoms with Crippen molar-refractivity contribution in [3.8, 4) is 22.7 Å². The van der Waals surface area contributed by atoms with Gasteiger partial charge in [0.1, 0.15) is 11.3 Å². The lowest BCUT2D eigenvalue weighted by Crippen LogP contribution is -2.07. The lowest BCUT2D eigenvalue weighted by atomic mass is 10.0. The van der Waals surface area contributed by atoms with Crippen LogP contribution in [-0.2, 0) is 6.54 Å². The van der Waals surface area contributed by atoms with Gasteiger partial charge in [0, 0.05) is 49.9 Å². The molecule has 3 aromatic heterocycles. The van der Waals surface area contributed by atoms with Gasteiger partial charge in [-0.05, 0) is 73.5 Å². The molecule has 0 unspecified atom stereocenters. The predicted molar refractivity (Wildman–Crippen MR) is 238 cm³/mol. The normalized spacial score (nSPS) is 12.4. The fourth-order valence-corrected chi connectivity index (χ4v) is 8.52. The van der Waals surface area contributed by atoms with E-state index >= 15 is 0 Å². The predicted octanol–water partition coefficient (Wildman–Crippen LogP) is 12.7. The number of rotatable bonds is 8. The summed E-state index contributed by atoms with van der Waals surface area (Å²) >= 11 is 0. The first-order valence-electron chi connectivity index (χ1n) is 19.4. The maximum absolute atomic E-state index is 7.16. The molecule has 0 atom stereocenters. The number of aryl methyl sites for hydroxylation is 1. The van der Waals surface area contributed by atoms with Crippen LogP contribution in [0, 0.1) is 13.8 Å². The Balaban J connectivity index is 1.16. The number of para-hydroxylation sites is 4. The maximum Gasteiger partial charge on any atom is 0.145 e. The third kappa shape index (κ3) is 5.75. The molecular formula is C52H40N4O. The van der Waals surface area contributed by atoms with E-state index in [4.69, 9.17) is 15.1 Å². The molecule has 0 amide bonds. The van der Waals surface area contributed by atoms with E-state index in [-0.39, 0.29) is 0 Å². The van der Waals surface area contributed by atoms with Crippen molar-refractivity contribution >= 4 is 55.1 Å². The fourth-order valence-electron chi connectivity index (χ4n) is 8.52. The van der Waals surface area contributed by atoms with Gasteiger partial charge in [-0.25, -0.2) is 0 Å². The number of hydrogen-bond acceptors (Lipinski definition) is 3. The molecule has 0 radical (unpaired) electrons. The molecule has 10 aromatic rings. The van der Waals surface area contributed by atoms with Gasteiger partial charge in [-0.1, -0.05) is 133 Å². The zero-order chi connectivity index (χ0) is 38.5. The summed E-state index contributed by atoms with van der Waals surface area (Å²) in [5, 5.41) is 4.46. The van der Waals surface area contributed by atoms with Crippen molar-refractivity contribution in [2.75, 3.05) is 0 Å². The van der Waals surface area contributed by atoms with Gasteiger partial charge >= 0.3 is 0 Å². The molecule has 0 aliphatic carbocycles. The van der Waals surface area contributed by atoms with Gasteiger partial charge < -0.3 is 19.3 Å². The van der Waals surface area contributed by atoms with Crippen LogP contribution in [0.25, 0.3) is 72.1 Å². The Morgan fingerprint density at radius 1 is 0.596 bits per heavy atom. The Bertz CT molecular complexity index is 3160. The number of furan rings is 1. The van der Waals surface area contributed by atoms with Crippen molar-refractivity contribution in [1.29, 1.82) is 0 Å². The van der Waals surface area contributed by atoms with Crippen molar-refractivity contribution in [2.24, 2.45) is 10.7 Å². The van der Waals surface area contributed by atoms with E-state index in [0.717, 1.165) is 100 Å². The third-order valence-corrected chi connectivity index (χ3v) is 11.2. The molecule has 0 fully saturated rings. The van der Waals surface area contributed by atoms with E-state index in [1.54, 1.807) is 0 Å². The Morgan fingerprint density at radius 2 is 1.21 bits per heavy atom. The summed E-state index contributed by atoms with van der Waals surface area (Å²) in [5.74, 6) is 0.897. The average molecular weight is 737 g/mol. The molecule has 3 heterocycles. The van der Waals surface area contributed by atoms with E-state index in [1.165, 1.54) is 0 Å². The second-order valence-electron chi connectivity index (χ2n) is 14.6. The molecule has 274 valence electrons. The molecule has 0 aliphatic rings. The number of allylic oxidation sites excluding steroid dienone is 1. The lowest BCUT2D eigenvalue weighted by Gasteiger charge is -2.14. The number of benzene rings is 7. The molecule has 2 N–H and O–H groups in total. The number of aliphatic imine (C=N–C) groups is 1. The molecule has 57 heavy (non-hydrogen) atoms. The van der Waals surface area contributed by atoms with Gasteiger partial charge in [0.05, 0.1) is 39.9 Å². The zero-order valence-corrected chi connectivity index (χ0v) is 31.9. The summed E-state index contributed by atoms with van der Waals surface area (Å²) in [7, 11) is 0. The molecule has 0 aliphatic heterocycles. The van der Waals surface area contributed by atoms with Crippen molar-refractivity contribution in [3.05, 3.63) is 210 Å². The highest BCUT2D eigenvalue weighted by atomic mass is 16.3. The number of aromatic nitrogens is 2. The van der Waals surface area contributed by atoms with Gasteiger partial charge in [-0.3, -0.25) is 4.99 Å². The zero-order valence-electron chi connectivity index (χ0n) is 31.9. The monoisotopic (exact) mass is 736 g/mol. The molecule has 0 saturated carbocycles. The van der Waals surface area contributed by atoms with Crippen LogP contribution < -0.4 is 5.73 Å². The molecule has 5 heteroatoms. The Labute approximate surface area is 331 Å². The summed E-state index contributed by atoms with van der Waals surface area (Å²) in [4.78, 5) is 5.07. The second kappa shape index (κ2) is 14.0. The Kier molecular flexibility index (Phi) is 8.41. The molecule has 10 rings (SSSR count). The first-order chi connectivity index (χ1) is 28.1. The standard InChI is InChI=1S/C52H40N4O/c1-34-39-30-31-48-50(52(39)57-51(34)49-35(2)55(38-22-10-5-11-23-38)46-28-16-13-25-41(46)49)42-26-14-17-29-47(42)56(48)45-27-15-12-24-40(45)43(53)32-44(37-20-8-4-9-21-37)54-33-36-18-6-3-7-19-36/h3-32H,33,53H2,1-2H3/b43-32-,54-44?. The van der Waals surface area contributed by atoms with Gasteiger partial charge in [-0.15, -0.1) is 0 Å². The molecular weight excluding hydrogens is 697 g/mol. The van der Waals surface area contributed by atoms with Crippen LogP contribution in [0.3, 0.4) is 0 Å². The Morgan fingerprint density at radius 3 is 1.96 bits per heavy atom. The molecule has 0 saturated heterocycles. The minimum absolute atomic E-state index is 0.552. The van der Waals surface area contributed by atoms with E-state index in [0.29, 0.717) is 12.2 Å². The van der Waals surface area contributed by atoms with Crippen LogP contribution >= 0.6 is 0 Å². The van der Waals surface area contributed by atoms with E-state index in [9.17, 15) is 0 Å². The molecule has 7 aromatic carbocycles. The van der Waals surface area contributed by atoms with E-state index in [2.05, 4.69) is 156 Å². The summed E-state index contributed by atoms with van der Waals surface area (Å²) < 4.78 is 11.8. The minimum Gasteiger partial charge on any atom is -0.455 e. The smallest absolute Gasteiger partial charge is 0.145 e. The maximum atomic E-state index is 7.16. The largest absolute Gasteiger partial charge is 0.455 e. The topological polar surface area (TPSA) is 61.4 Å². The van der Waals surface area contributed by atoms with Crippen LogP contribution in [0.1, 0.15) is 27.9 Å². The molecule has 0 spiro atoms. The average Bonchev–Trinajstić information content (AvgIpc) is 3.88. The highest BCUT2D eigenvalue weighted by Crippen LogP contribution is 2.45. The highest BCUT2D eigenvalue weighted by Gasteiger charge is 2.25. The van der Waals surface area contributed by atoms with Crippen LogP contribution in [0.15, 0.2) is 191 Å². The van der Waals surface area contributed by atoms with Crippen LogP contribution in [0.4, 0.5) is 0 Å². The molecule has 5 nitrogen and oxygen atoms in total. The first-order valence-corrected chi connectivity index (χ1v) is 19.4. The highest BCUT2D eigenvalue weighted by molar-refractivity contribution is 6.21. The number of nitrogens with two attached hydrogens (primary N) is 1. The van der Waals surface area contributed by atoms with Crippen molar-refractivity contribution in [2.45, 2.75) is 20.4 Å². The summed E-state index contributed by atoms with van der Waals surface area (Å²) in [6.45, 7) is 4.93. The van der Waals surface area contributed by atoms with Gasteiger partial charge in [0.25, 0.3) is 0 Å². The number of fused-ring (bicyclic) bond motifs is 6. The third-order valence-electron chi connectivity index (χ3n) is 11.2. The summed E-state index contributed by atoms with van der Waals surface area (Å²) in [6.07, 6.45) is 2.01. The van der Waals surface area contributed by atoms with Gasteiger partial charge in [-0.2, -0.15) is 0 Å². The quantitative estimate of drug-likeness (QED) is 0.158. The van der Waals surface area contributed by atoms with Crippen LogP contribution in [-0.4, -0.2) is 14.8 Å². The van der Waals surface area contributed by atoms with Crippen LogP contribution in [0.5, 0.6) is 0 Å². The van der Waals surface area contributed by atoms with Crippen LogP contribution in [0.2, 0.25) is 0 Å². The van der Waals surface area contributed by atoms with Crippen molar-refractivity contribution in [1.82, 2.24) is 9.13 Å². The van der Waals surface area contributed by atoms with Gasteiger partial charge in [0.15, 0.2) is 0 Å². The van der Waals surface area contributed by atoms with Crippen molar-refractivity contribution < 1.29 is 4.42 Å². The van der Waals surface area contributed by atoms with Crippen molar-refractivity contribution in [3.63, 3.8) is 0 Å². The minimum atomic E-state index is 0.552. The number of nitrogens with zero attached hydrogens (tertiary/aromatic N) is 3. The summed E-state index contributed by atoms with van der Waals surface area (Å²) in [6, 6.07) is 61.1. The fraction of sp³-hybridized carbons (Fsp3) is 0.0577. The molecule has 0 bridgehead atoms. The van der Waals surface area contributed by atoms with E-state index in [1.807, 2.05) is 48.5 Å². The Hall–Kier alpha value is -7.37. The second-order valence-corrected chi connectivity index (χ2v) is 14.6. The summed E-state index contributed by atoms with van der Waals surface area (Å²) in [5.41, 5.74) is 21.3. The van der Waals surface area contributed by atoms with Gasteiger partial charge in [0.2, 0.25) is 0 Å². The number of hydrogen-bond donors (Lipinski definition) is 1. The SMILES string of the molecule is Cc1c(-c2c(C)n(-c3ccccc3)c3ccccc23)oc2c1ccc1c2c2ccccc2n1-c1ccccc1/C(N)=C/C(=NCc1ccccc1)c1ccccc1. The first kappa shape index (κ1) is 34.1.